The summed E-state index contributed by atoms with van der Waals surface area (Å²) >= 11 is 8.07. The summed E-state index contributed by atoms with van der Waals surface area (Å²) in [6, 6.07) is 68.3. The minimum atomic E-state index is 1.02. The number of para-hydroxylation sites is 2. The van der Waals surface area contributed by atoms with Crippen molar-refractivity contribution in [3.8, 4) is 22.3 Å². The molecule has 0 amide bonds. The van der Waals surface area contributed by atoms with Gasteiger partial charge in [0.2, 0.25) is 0 Å². The zero-order chi connectivity index (χ0) is 43.5. The van der Waals surface area contributed by atoms with Crippen LogP contribution in [0.5, 0.6) is 0 Å². The number of nitrogens with zero attached hydrogens (tertiary/aromatic N) is 2. The fraction of sp³-hybridized carbons (Fsp3) is 0. The summed E-state index contributed by atoms with van der Waals surface area (Å²) in [7, 11) is 0. The van der Waals surface area contributed by atoms with E-state index in [-0.39, 0.29) is 0 Å². The largest absolute Gasteiger partial charge is 0.237 e. The lowest BCUT2D eigenvalue weighted by molar-refractivity contribution is 1.46. The van der Waals surface area contributed by atoms with E-state index < -0.39 is 0 Å². The first-order valence-corrected chi connectivity index (χ1v) is 24.6. The SMILES string of the molecule is C(=C\c1ccc(-c2ccc(/C=C/c3ccc(/C=C/c4nc5ccccc5s4)cc3)cc2)cc1)/c1ccc(/C=C/c2nc3ccccc3s2)cc1.Ic1ccc(-c2ccc(I)cc2)cc1. The Morgan fingerprint density at radius 1 is 0.281 bits per heavy atom. The van der Waals surface area contributed by atoms with Crippen molar-refractivity contribution in [3.05, 3.63) is 245 Å². The van der Waals surface area contributed by atoms with Crippen molar-refractivity contribution in [1.29, 1.82) is 0 Å². The van der Waals surface area contributed by atoms with Crippen LogP contribution in [0.15, 0.2) is 194 Å². The molecule has 0 atom stereocenters. The van der Waals surface area contributed by atoms with Crippen LogP contribution in [0.3, 0.4) is 0 Å². The summed E-state index contributed by atoms with van der Waals surface area (Å²) in [5, 5.41) is 2.05. The summed E-state index contributed by atoms with van der Waals surface area (Å²) in [4.78, 5) is 9.38. The highest BCUT2D eigenvalue weighted by molar-refractivity contribution is 14.1. The monoisotopic (exact) mass is 1080 g/mol. The molecule has 308 valence electrons. The van der Waals surface area contributed by atoms with Gasteiger partial charge >= 0.3 is 0 Å². The molecule has 0 aliphatic rings. The summed E-state index contributed by atoms with van der Waals surface area (Å²) < 4.78 is 4.98. The molecule has 0 aliphatic carbocycles. The van der Waals surface area contributed by atoms with Crippen molar-refractivity contribution in [2.24, 2.45) is 0 Å². The lowest BCUT2D eigenvalue weighted by Crippen LogP contribution is -1.80. The average Bonchev–Trinajstić information content (AvgIpc) is 3.97. The summed E-state index contributed by atoms with van der Waals surface area (Å²) in [5.41, 5.74) is 14.1. The van der Waals surface area contributed by atoms with E-state index in [0.717, 1.165) is 32.2 Å². The highest BCUT2D eigenvalue weighted by Gasteiger charge is 2.03. The number of rotatable bonds is 10. The molecule has 0 aliphatic heterocycles. The van der Waals surface area contributed by atoms with Crippen LogP contribution in [-0.4, -0.2) is 9.97 Å². The van der Waals surface area contributed by atoms with E-state index in [1.807, 2.05) is 12.1 Å². The summed E-state index contributed by atoms with van der Waals surface area (Å²) in [6.07, 6.45) is 17.1. The van der Waals surface area contributed by atoms with Crippen LogP contribution in [0.4, 0.5) is 0 Å². The molecule has 0 fully saturated rings. The van der Waals surface area contributed by atoms with Gasteiger partial charge in [-0.1, -0.05) is 182 Å². The van der Waals surface area contributed by atoms with Crippen molar-refractivity contribution >= 4 is 137 Å². The number of hydrogen-bond donors (Lipinski definition) is 0. The van der Waals surface area contributed by atoms with Crippen molar-refractivity contribution in [1.82, 2.24) is 9.97 Å². The second-order valence-electron chi connectivity index (χ2n) is 15.0. The summed E-state index contributed by atoms with van der Waals surface area (Å²) in [6.45, 7) is 0. The molecular formula is C58H40I2N2S2. The van der Waals surface area contributed by atoms with E-state index in [2.05, 4.69) is 286 Å². The van der Waals surface area contributed by atoms with Gasteiger partial charge in [-0.15, -0.1) is 22.7 Å². The lowest BCUT2D eigenvalue weighted by Gasteiger charge is -2.04. The molecule has 0 saturated heterocycles. The molecule has 0 unspecified atom stereocenters. The van der Waals surface area contributed by atoms with Crippen LogP contribution in [0.1, 0.15) is 43.4 Å². The van der Waals surface area contributed by atoms with Crippen LogP contribution in [0.25, 0.3) is 91.3 Å². The van der Waals surface area contributed by atoms with Gasteiger partial charge in [0.1, 0.15) is 10.0 Å². The average molecular weight is 1080 g/mol. The van der Waals surface area contributed by atoms with Crippen LogP contribution in [-0.2, 0) is 0 Å². The molecule has 2 aromatic heterocycles. The zero-order valence-corrected chi connectivity index (χ0v) is 40.5. The molecule has 10 aromatic rings. The topological polar surface area (TPSA) is 25.8 Å². The molecule has 0 radical (unpaired) electrons. The van der Waals surface area contributed by atoms with E-state index in [1.54, 1.807) is 22.7 Å². The number of halogens is 2. The van der Waals surface area contributed by atoms with Gasteiger partial charge in [0.15, 0.2) is 0 Å². The van der Waals surface area contributed by atoms with Gasteiger partial charge in [0.05, 0.1) is 20.4 Å². The molecule has 0 N–H and O–H groups in total. The van der Waals surface area contributed by atoms with E-state index in [0.29, 0.717) is 0 Å². The minimum absolute atomic E-state index is 1.02. The first-order chi connectivity index (χ1) is 31.5. The fourth-order valence-corrected chi connectivity index (χ4v) is 9.40. The molecular weight excluding hydrogens is 1040 g/mol. The van der Waals surface area contributed by atoms with Crippen LogP contribution >= 0.6 is 67.9 Å². The summed E-state index contributed by atoms with van der Waals surface area (Å²) in [5.74, 6) is 0. The van der Waals surface area contributed by atoms with Gasteiger partial charge in [0.25, 0.3) is 0 Å². The van der Waals surface area contributed by atoms with Gasteiger partial charge < -0.3 is 0 Å². The van der Waals surface area contributed by atoms with Crippen LogP contribution in [0, 0.1) is 7.14 Å². The quantitative estimate of drug-likeness (QED) is 0.101. The molecule has 2 heterocycles. The smallest absolute Gasteiger partial charge is 0.117 e. The number of fused-ring (bicyclic) bond motifs is 2. The maximum absolute atomic E-state index is 4.69. The normalized spacial score (nSPS) is 11.7. The Balaban J connectivity index is 0.000000315. The number of hydrogen-bond acceptors (Lipinski definition) is 4. The number of thiazole rings is 2. The standard InChI is InChI=1S/C46H32N2S2.C12H8I2/c1-3-7-43-41(5-1)47-45(49-43)31-25-35-15-9-33(10-16-35)13-19-37-21-27-39(28-22-37)40-29-23-38(24-30-40)20-14-34-11-17-36(18-12-34)26-32-46-48-42-6-2-4-8-44(42)50-46;13-11-5-1-9(2-6-11)10-3-7-12(14)8-4-10/h1-32H;1-8H/b19-13+,20-14+,31-25+,32-26+;. The van der Waals surface area contributed by atoms with E-state index >= 15 is 0 Å². The molecule has 6 heteroatoms. The molecule has 10 rings (SSSR count). The number of aromatic nitrogens is 2. The van der Waals surface area contributed by atoms with Crippen LogP contribution in [0.2, 0.25) is 0 Å². The highest BCUT2D eigenvalue weighted by Crippen LogP contribution is 2.26. The second kappa shape index (κ2) is 21.1. The highest BCUT2D eigenvalue weighted by atomic mass is 127. The second-order valence-corrected chi connectivity index (χ2v) is 19.6. The minimum Gasteiger partial charge on any atom is -0.237 e. The molecule has 0 spiro atoms. The van der Waals surface area contributed by atoms with Crippen molar-refractivity contribution in [2.45, 2.75) is 0 Å². The van der Waals surface area contributed by atoms with E-state index in [4.69, 9.17) is 0 Å². The third-order valence-corrected chi connectivity index (χ3v) is 13.9. The van der Waals surface area contributed by atoms with Gasteiger partial charge in [0, 0.05) is 7.14 Å². The number of benzene rings is 8. The molecule has 2 nitrogen and oxygen atoms in total. The Morgan fingerprint density at radius 3 is 0.828 bits per heavy atom. The molecule has 0 saturated carbocycles. The Morgan fingerprint density at radius 2 is 0.531 bits per heavy atom. The van der Waals surface area contributed by atoms with E-state index in [9.17, 15) is 0 Å². The lowest BCUT2D eigenvalue weighted by atomic mass is 10.0. The fourth-order valence-electron chi connectivity index (χ4n) is 6.94. The van der Waals surface area contributed by atoms with Gasteiger partial charge in [-0.2, -0.15) is 0 Å². The Labute approximate surface area is 410 Å². The Bertz CT molecular complexity index is 2940. The van der Waals surface area contributed by atoms with Crippen molar-refractivity contribution < 1.29 is 0 Å². The van der Waals surface area contributed by atoms with Gasteiger partial charge in [-0.25, -0.2) is 9.97 Å². The third kappa shape index (κ3) is 11.7. The van der Waals surface area contributed by atoms with Crippen LogP contribution < -0.4 is 0 Å². The molecule has 64 heavy (non-hydrogen) atoms. The van der Waals surface area contributed by atoms with E-state index in [1.165, 1.54) is 61.0 Å². The maximum Gasteiger partial charge on any atom is 0.117 e. The Kier molecular flexibility index (Phi) is 14.2. The van der Waals surface area contributed by atoms with Gasteiger partial charge in [-0.3, -0.25) is 0 Å². The predicted octanol–water partition coefficient (Wildman–Crippen LogP) is 17.8. The maximum atomic E-state index is 4.69. The van der Waals surface area contributed by atoms with Crippen molar-refractivity contribution in [2.75, 3.05) is 0 Å². The predicted molar refractivity (Wildman–Crippen MR) is 297 cm³/mol. The first-order valence-electron chi connectivity index (χ1n) is 20.8. The first kappa shape index (κ1) is 43.2. The zero-order valence-electron chi connectivity index (χ0n) is 34.6. The van der Waals surface area contributed by atoms with Crippen molar-refractivity contribution in [3.63, 3.8) is 0 Å². The molecule has 0 bridgehead atoms. The Hall–Kier alpha value is -6.04. The molecule has 8 aromatic carbocycles. The third-order valence-electron chi connectivity index (χ3n) is 10.4. The van der Waals surface area contributed by atoms with Gasteiger partial charge in [-0.05, 0) is 161 Å².